The van der Waals surface area contributed by atoms with Gasteiger partial charge in [-0.3, -0.25) is 9.78 Å². The zero-order valence-corrected chi connectivity index (χ0v) is 13.3. The van der Waals surface area contributed by atoms with E-state index in [0.717, 1.165) is 16.9 Å². The normalized spacial score (nSPS) is 10.7. The van der Waals surface area contributed by atoms with E-state index in [-0.39, 0.29) is 12.2 Å². The number of pyridine rings is 1. The average Bonchev–Trinajstić information content (AvgIpc) is 2.67. The average molecular weight is 329 g/mol. The maximum absolute atomic E-state index is 12.1. The first-order chi connectivity index (χ1) is 12.3. The van der Waals surface area contributed by atoms with Crippen LogP contribution in [-0.4, -0.2) is 15.0 Å². The molecule has 25 heavy (non-hydrogen) atoms. The third-order valence-electron chi connectivity index (χ3n) is 3.87. The fourth-order valence-corrected chi connectivity index (χ4v) is 2.66. The molecular weight excluding hydrogens is 314 g/mol. The lowest BCUT2D eigenvalue weighted by Gasteiger charge is -2.08. The van der Waals surface area contributed by atoms with Crippen molar-refractivity contribution in [2.45, 2.75) is 6.61 Å². The van der Waals surface area contributed by atoms with Crippen LogP contribution in [0.15, 0.2) is 77.9 Å². The SMILES string of the molecule is O=c1[nH]c(COc2cccc(-c3ccccc3)c2)nc2cnccc12. The number of hydrogen-bond acceptors (Lipinski definition) is 4. The van der Waals surface area contributed by atoms with Crippen LogP contribution in [0.4, 0.5) is 0 Å². The van der Waals surface area contributed by atoms with Gasteiger partial charge >= 0.3 is 0 Å². The summed E-state index contributed by atoms with van der Waals surface area (Å²) in [5.41, 5.74) is 2.56. The summed E-state index contributed by atoms with van der Waals surface area (Å²) in [4.78, 5) is 23.2. The molecule has 5 nitrogen and oxygen atoms in total. The Hall–Kier alpha value is -3.47. The molecule has 0 amide bonds. The standard InChI is InChI=1S/C20H15N3O2/c24-20-17-9-10-21-12-18(17)22-19(23-20)13-25-16-8-4-7-15(11-16)14-5-2-1-3-6-14/h1-12H,13H2,(H,22,23,24). The fourth-order valence-electron chi connectivity index (χ4n) is 2.66. The molecule has 0 unspecified atom stereocenters. The number of H-pyrrole nitrogens is 1. The lowest BCUT2D eigenvalue weighted by atomic mass is 10.1. The second-order valence-electron chi connectivity index (χ2n) is 5.59. The van der Waals surface area contributed by atoms with Gasteiger partial charge in [0.25, 0.3) is 5.56 Å². The molecule has 4 rings (SSSR count). The zero-order valence-electron chi connectivity index (χ0n) is 13.3. The molecule has 0 radical (unpaired) electrons. The molecule has 0 fully saturated rings. The Balaban J connectivity index is 1.57. The van der Waals surface area contributed by atoms with Crippen molar-refractivity contribution in [2.75, 3.05) is 0 Å². The highest BCUT2D eigenvalue weighted by molar-refractivity contribution is 5.75. The summed E-state index contributed by atoms with van der Waals surface area (Å²) in [6, 6.07) is 19.6. The van der Waals surface area contributed by atoms with Gasteiger partial charge in [-0.1, -0.05) is 42.5 Å². The summed E-state index contributed by atoms with van der Waals surface area (Å²) in [6.45, 7) is 0.179. The second kappa shape index (κ2) is 6.57. The molecule has 2 aromatic heterocycles. The number of rotatable bonds is 4. The maximum Gasteiger partial charge on any atom is 0.258 e. The molecule has 0 aliphatic carbocycles. The van der Waals surface area contributed by atoms with Crippen molar-refractivity contribution >= 4 is 10.9 Å². The lowest BCUT2D eigenvalue weighted by Crippen LogP contribution is -2.13. The van der Waals surface area contributed by atoms with E-state index in [9.17, 15) is 4.79 Å². The van der Waals surface area contributed by atoms with Crippen LogP contribution in [-0.2, 0) is 6.61 Å². The minimum atomic E-state index is -0.191. The maximum atomic E-state index is 12.1. The summed E-state index contributed by atoms with van der Waals surface area (Å²) in [6.07, 6.45) is 3.15. The number of fused-ring (bicyclic) bond motifs is 1. The Labute approximate surface area is 144 Å². The Bertz CT molecular complexity index is 1070. The van der Waals surface area contributed by atoms with Gasteiger partial charge in [0.1, 0.15) is 18.2 Å². The van der Waals surface area contributed by atoms with Crippen LogP contribution < -0.4 is 10.3 Å². The van der Waals surface area contributed by atoms with Crippen molar-refractivity contribution in [3.05, 3.63) is 89.2 Å². The molecule has 4 aromatic rings. The third-order valence-corrected chi connectivity index (χ3v) is 3.87. The van der Waals surface area contributed by atoms with Gasteiger partial charge in [0, 0.05) is 6.20 Å². The topological polar surface area (TPSA) is 67.9 Å². The number of ether oxygens (including phenoxy) is 1. The van der Waals surface area contributed by atoms with Gasteiger partial charge in [0.05, 0.1) is 17.1 Å². The van der Waals surface area contributed by atoms with Crippen molar-refractivity contribution < 1.29 is 4.74 Å². The second-order valence-corrected chi connectivity index (χ2v) is 5.59. The summed E-state index contributed by atoms with van der Waals surface area (Å²) >= 11 is 0. The molecule has 0 spiro atoms. The fraction of sp³-hybridized carbons (Fsp3) is 0.0500. The molecule has 122 valence electrons. The number of aromatic nitrogens is 3. The number of nitrogens with zero attached hydrogens (tertiary/aromatic N) is 2. The van der Waals surface area contributed by atoms with Gasteiger partial charge in [0.2, 0.25) is 0 Å². The van der Waals surface area contributed by atoms with Crippen molar-refractivity contribution in [3.8, 4) is 16.9 Å². The summed E-state index contributed by atoms with van der Waals surface area (Å²) in [5, 5.41) is 0.518. The molecule has 1 N–H and O–H groups in total. The van der Waals surface area contributed by atoms with Gasteiger partial charge in [-0.25, -0.2) is 4.98 Å². The van der Waals surface area contributed by atoms with Crippen molar-refractivity contribution in [1.82, 2.24) is 15.0 Å². The predicted octanol–water partition coefficient (Wildman–Crippen LogP) is 3.56. The highest BCUT2D eigenvalue weighted by Crippen LogP contribution is 2.23. The number of nitrogens with one attached hydrogen (secondary N) is 1. The molecule has 2 heterocycles. The molecule has 0 bridgehead atoms. The van der Waals surface area contributed by atoms with Crippen molar-refractivity contribution in [3.63, 3.8) is 0 Å². The van der Waals surface area contributed by atoms with E-state index in [1.165, 1.54) is 0 Å². The molecule has 2 aromatic carbocycles. The van der Waals surface area contributed by atoms with Gasteiger partial charge in [-0.2, -0.15) is 0 Å². The van der Waals surface area contributed by atoms with Gasteiger partial charge in [-0.15, -0.1) is 0 Å². The Morgan fingerprint density at radius 1 is 0.960 bits per heavy atom. The first kappa shape index (κ1) is 15.1. The summed E-state index contributed by atoms with van der Waals surface area (Å²) in [5.74, 6) is 1.19. The van der Waals surface area contributed by atoms with E-state index in [4.69, 9.17) is 4.74 Å². The van der Waals surface area contributed by atoms with Crippen LogP contribution in [0.1, 0.15) is 5.82 Å². The minimum absolute atomic E-state index is 0.179. The molecule has 0 saturated heterocycles. The molecule has 0 aliphatic heterocycles. The monoisotopic (exact) mass is 329 g/mol. The molecule has 0 saturated carbocycles. The van der Waals surface area contributed by atoms with Crippen molar-refractivity contribution in [1.29, 1.82) is 0 Å². The summed E-state index contributed by atoms with van der Waals surface area (Å²) in [7, 11) is 0. The van der Waals surface area contributed by atoms with Crippen LogP contribution in [0.25, 0.3) is 22.0 Å². The molecular formula is C20H15N3O2. The first-order valence-electron chi connectivity index (χ1n) is 7.91. The predicted molar refractivity (Wildman–Crippen MR) is 96.4 cm³/mol. The summed E-state index contributed by atoms with van der Waals surface area (Å²) < 4.78 is 5.81. The van der Waals surface area contributed by atoms with Gasteiger partial charge in [0.15, 0.2) is 0 Å². The first-order valence-corrected chi connectivity index (χ1v) is 7.91. The number of hydrogen-bond donors (Lipinski definition) is 1. The van der Waals surface area contributed by atoms with Crippen molar-refractivity contribution in [2.24, 2.45) is 0 Å². The molecule has 0 atom stereocenters. The molecule has 5 heteroatoms. The Kier molecular flexibility index (Phi) is 3.96. The van der Waals surface area contributed by atoms with Crippen LogP contribution in [0, 0.1) is 0 Å². The Morgan fingerprint density at radius 2 is 1.80 bits per heavy atom. The van der Waals surface area contributed by atoms with Gasteiger partial charge in [-0.05, 0) is 29.3 Å². The van der Waals surface area contributed by atoms with E-state index >= 15 is 0 Å². The highest BCUT2D eigenvalue weighted by atomic mass is 16.5. The lowest BCUT2D eigenvalue weighted by molar-refractivity contribution is 0.296. The van der Waals surface area contributed by atoms with E-state index in [1.54, 1.807) is 18.5 Å². The Morgan fingerprint density at radius 3 is 2.68 bits per heavy atom. The van der Waals surface area contributed by atoms with Gasteiger partial charge < -0.3 is 9.72 Å². The van der Waals surface area contributed by atoms with Crippen LogP contribution in [0.5, 0.6) is 5.75 Å². The highest BCUT2D eigenvalue weighted by Gasteiger charge is 2.05. The third kappa shape index (κ3) is 3.26. The van der Waals surface area contributed by atoms with Crippen LogP contribution in [0.3, 0.4) is 0 Å². The molecule has 0 aliphatic rings. The largest absolute Gasteiger partial charge is 0.486 e. The van der Waals surface area contributed by atoms with Crippen LogP contribution >= 0.6 is 0 Å². The van der Waals surface area contributed by atoms with E-state index in [2.05, 4.69) is 27.1 Å². The van der Waals surface area contributed by atoms with E-state index < -0.39 is 0 Å². The van der Waals surface area contributed by atoms with E-state index in [0.29, 0.717) is 16.7 Å². The number of benzene rings is 2. The minimum Gasteiger partial charge on any atom is -0.486 e. The number of aromatic amines is 1. The zero-order chi connectivity index (χ0) is 17.1. The van der Waals surface area contributed by atoms with Crippen LogP contribution in [0.2, 0.25) is 0 Å². The van der Waals surface area contributed by atoms with E-state index in [1.807, 2.05) is 42.5 Å². The smallest absolute Gasteiger partial charge is 0.258 e. The quantitative estimate of drug-likeness (QED) is 0.621.